The highest BCUT2D eigenvalue weighted by Crippen LogP contribution is 2.51. The summed E-state index contributed by atoms with van der Waals surface area (Å²) < 4.78 is 41.0. The number of amides is 1. The van der Waals surface area contributed by atoms with Crippen molar-refractivity contribution in [2.24, 2.45) is 11.3 Å². The van der Waals surface area contributed by atoms with E-state index in [1.807, 2.05) is 0 Å². The molecule has 124 valence electrons. The van der Waals surface area contributed by atoms with Crippen molar-refractivity contribution in [3.05, 3.63) is 29.8 Å². The molecule has 0 aromatic carbocycles. The number of nitrogens with zero attached hydrogens (tertiary/aromatic N) is 3. The van der Waals surface area contributed by atoms with Gasteiger partial charge in [0.1, 0.15) is 11.2 Å². The quantitative estimate of drug-likeness (QED) is 0.854. The maximum absolute atomic E-state index is 13.8. The predicted octanol–water partition coefficient (Wildman–Crippen LogP) is 2.78. The van der Waals surface area contributed by atoms with Gasteiger partial charge in [-0.3, -0.25) is 14.8 Å². The Morgan fingerprint density at radius 1 is 1.30 bits per heavy atom. The van der Waals surface area contributed by atoms with E-state index in [4.69, 9.17) is 0 Å². The first-order valence-electron chi connectivity index (χ1n) is 7.98. The zero-order valence-electron chi connectivity index (χ0n) is 12.6. The van der Waals surface area contributed by atoms with Crippen molar-refractivity contribution < 1.29 is 18.0 Å². The molecule has 4 rings (SSSR count). The third kappa shape index (κ3) is 2.33. The van der Waals surface area contributed by atoms with Crippen molar-refractivity contribution >= 4 is 5.91 Å². The van der Waals surface area contributed by atoms with E-state index in [0.29, 0.717) is 18.5 Å². The van der Waals surface area contributed by atoms with E-state index in [9.17, 15) is 18.0 Å². The van der Waals surface area contributed by atoms with E-state index < -0.39 is 29.6 Å². The van der Waals surface area contributed by atoms with Crippen LogP contribution < -0.4 is 0 Å². The topological polar surface area (TPSA) is 36.4 Å². The van der Waals surface area contributed by atoms with Gasteiger partial charge in [-0.25, -0.2) is 18.2 Å². The van der Waals surface area contributed by atoms with Gasteiger partial charge in [0.15, 0.2) is 0 Å². The molecule has 2 aliphatic heterocycles. The van der Waals surface area contributed by atoms with Crippen LogP contribution in [0.5, 0.6) is 0 Å². The molecule has 3 fully saturated rings. The molecule has 3 aliphatic rings. The average molecular weight is 325 g/mol. The molecule has 4 nitrogen and oxygen atoms in total. The van der Waals surface area contributed by atoms with Gasteiger partial charge in [0.05, 0.1) is 12.2 Å². The van der Waals surface area contributed by atoms with Crippen LogP contribution in [0.4, 0.5) is 13.2 Å². The van der Waals surface area contributed by atoms with Gasteiger partial charge >= 0.3 is 0 Å². The van der Waals surface area contributed by atoms with E-state index in [0.717, 1.165) is 19.0 Å². The van der Waals surface area contributed by atoms with Gasteiger partial charge in [-0.15, -0.1) is 0 Å². The number of hydrogen-bond acceptors (Lipinski definition) is 3. The molecule has 2 atom stereocenters. The molecule has 7 heteroatoms. The van der Waals surface area contributed by atoms with Crippen molar-refractivity contribution in [3.8, 4) is 0 Å². The molecule has 23 heavy (non-hydrogen) atoms. The molecule has 0 N–H and O–H groups in total. The predicted molar refractivity (Wildman–Crippen MR) is 75.8 cm³/mol. The molecule has 3 heterocycles. The van der Waals surface area contributed by atoms with E-state index in [1.54, 1.807) is 5.01 Å². The van der Waals surface area contributed by atoms with Gasteiger partial charge in [-0.1, -0.05) is 12.8 Å². The van der Waals surface area contributed by atoms with Gasteiger partial charge in [0, 0.05) is 19.3 Å². The number of alkyl halides is 2. The van der Waals surface area contributed by atoms with Crippen molar-refractivity contribution in [2.75, 3.05) is 13.1 Å². The minimum absolute atomic E-state index is 0.0687. The van der Waals surface area contributed by atoms with Crippen LogP contribution in [0.15, 0.2) is 18.5 Å². The second-order valence-electron chi connectivity index (χ2n) is 6.88. The summed E-state index contributed by atoms with van der Waals surface area (Å²) in [4.78, 5) is 16.7. The number of aromatic nitrogens is 1. The summed E-state index contributed by atoms with van der Waals surface area (Å²) in [6.45, 7) is 0.602. The molecule has 0 radical (unpaired) electrons. The minimum atomic E-state index is -2.67. The SMILES string of the molecule is O=C1N2[C@H](c3cncc(F)c3)CCN2CC1(CC1CC1)C(F)F. The highest BCUT2D eigenvalue weighted by atomic mass is 19.3. The van der Waals surface area contributed by atoms with Crippen LogP contribution in [-0.2, 0) is 4.79 Å². The first-order valence-corrected chi connectivity index (χ1v) is 7.98. The highest BCUT2D eigenvalue weighted by Gasteiger charge is 2.61. The second-order valence-corrected chi connectivity index (χ2v) is 6.88. The second kappa shape index (κ2) is 5.19. The van der Waals surface area contributed by atoms with Gasteiger partial charge < -0.3 is 0 Å². The Morgan fingerprint density at radius 2 is 2.09 bits per heavy atom. The molecule has 1 aromatic rings. The number of carbonyl (C=O) groups excluding carboxylic acids is 1. The summed E-state index contributed by atoms with van der Waals surface area (Å²) >= 11 is 0. The number of carbonyl (C=O) groups is 1. The number of pyridine rings is 1. The molecule has 1 aliphatic carbocycles. The van der Waals surface area contributed by atoms with Crippen LogP contribution in [-0.4, -0.2) is 40.4 Å². The van der Waals surface area contributed by atoms with E-state index in [1.165, 1.54) is 17.3 Å². The number of hydrazine groups is 1. The summed E-state index contributed by atoms with van der Waals surface area (Å²) in [6.07, 6.45) is 2.65. The standard InChI is InChI=1S/C16H18F3N3O/c17-12-5-11(7-20-8-12)13-3-4-21-9-16(14(18)19,6-10-1-2-10)15(23)22(13)21/h5,7-8,10,13-14H,1-4,6,9H2/t13-,16?/m0/s1. The number of hydrogen-bond donors (Lipinski definition) is 0. The summed E-state index contributed by atoms with van der Waals surface area (Å²) in [5.74, 6) is -0.750. The van der Waals surface area contributed by atoms with Crippen molar-refractivity contribution in [1.82, 2.24) is 15.0 Å². The summed E-state index contributed by atoms with van der Waals surface area (Å²) in [5, 5.41) is 3.15. The van der Waals surface area contributed by atoms with E-state index >= 15 is 0 Å². The molecular weight excluding hydrogens is 307 g/mol. The van der Waals surface area contributed by atoms with Crippen molar-refractivity contribution in [3.63, 3.8) is 0 Å². The highest BCUT2D eigenvalue weighted by molar-refractivity contribution is 5.86. The van der Waals surface area contributed by atoms with Gasteiger partial charge in [0.2, 0.25) is 0 Å². The van der Waals surface area contributed by atoms with Crippen molar-refractivity contribution in [1.29, 1.82) is 0 Å². The fourth-order valence-corrected chi connectivity index (χ4v) is 3.90. The van der Waals surface area contributed by atoms with E-state index in [2.05, 4.69) is 4.98 Å². The maximum Gasteiger partial charge on any atom is 0.254 e. The zero-order chi connectivity index (χ0) is 16.2. The Morgan fingerprint density at radius 3 is 2.74 bits per heavy atom. The van der Waals surface area contributed by atoms with Gasteiger partial charge in [-0.05, 0) is 30.4 Å². The van der Waals surface area contributed by atoms with Crippen LogP contribution in [0.1, 0.15) is 37.3 Å². The maximum atomic E-state index is 13.8. The first-order chi connectivity index (χ1) is 11.0. The lowest BCUT2D eigenvalue weighted by molar-refractivity contribution is -0.149. The monoisotopic (exact) mass is 325 g/mol. The van der Waals surface area contributed by atoms with Crippen LogP contribution in [0.3, 0.4) is 0 Å². The Balaban J connectivity index is 1.65. The lowest BCUT2D eigenvalue weighted by Gasteiger charge is -2.28. The molecule has 1 amide bonds. The Bertz CT molecular complexity index is 637. The smallest absolute Gasteiger partial charge is 0.254 e. The lowest BCUT2D eigenvalue weighted by atomic mass is 9.82. The van der Waals surface area contributed by atoms with Crippen LogP contribution in [0.25, 0.3) is 0 Å². The first kappa shape index (κ1) is 14.9. The van der Waals surface area contributed by atoms with E-state index in [-0.39, 0.29) is 18.9 Å². The molecule has 1 saturated carbocycles. The number of halogens is 3. The third-order valence-corrected chi connectivity index (χ3v) is 5.24. The Kier molecular flexibility index (Phi) is 3.37. The largest absolute Gasteiger partial charge is 0.272 e. The summed E-state index contributed by atoms with van der Waals surface area (Å²) in [5.41, 5.74) is -1.03. The lowest BCUT2D eigenvalue weighted by Crippen LogP contribution is -2.42. The van der Waals surface area contributed by atoms with Gasteiger partial charge in [0.25, 0.3) is 12.3 Å². The molecular formula is C16H18F3N3O. The van der Waals surface area contributed by atoms with Crippen LogP contribution in [0.2, 0.25) is 0 Å². The third-order valence-electron chi connectivity index (χ3n) is 5.24. The Labute approximate surface area is 132 Å². The molecule has 2 saturated heterocycles. The molecule has 1 aromatic heterocycles. The molecule has 0 bridgehead atoms. The number of rotatable bonds is 4. The minimum Gasteiger partial charge on any atom is -0.272 e. The zero-order valence-corrected chi connectivity index (χ0v) is 12.6. The summed E-state index contributed by atoms with van der Waals surface area (Å²) in [6, 6.07) is 0.933. The number of fused-ring (bicyclic) bond motifs is 1. The fourth-order valence-electron chi connectivity index (χ4n) is 3.90. The molecule has 0 spiro atoms. The Hall–Kier alpha value is -1.63. The van der Waals surface area contributed by atoms with Crippen LogP contribution >= 0.6 is 0 Å². The fraction of sp³-hybridized carbons (Fsp3) is 0.625. The van der Waals surface area contributed by atoms with Crippen molar-refractivity contribution in [2.45, 2.75) is 38.2 Å². The van der Waals surface area contributed by atoms with Crippen LogP contribution in [0, 0.1) is 17.2 Å². The summed E-state index contributed by atoms with van der Waals surface area (Å²) in [7, 11) is 0. The average Bonchev–Trinajstić information content (AvgIpc) is 3.15. The van der Waals surface area contributed by atoms with Gasteiger partial charge in [-0.2, -0.15) is 0 Å². The normalized spacial score (nSPS) is 31.2. The molecule has 1 unspecified atom stereocenters.